The van der Waals surface area contributed by atoms with Crippen molar-refractivity contribution in [2.24, 2.45) is 0 Å². The highest BCUT2D eigenvalue weighted by atomic mass is 32.2. The van der Waals surface area contributed by atoms with E-state index in [4.69, 9.17) is 0 Å². The molecule has 0 radical (unpaired) electrons. The summed E-state index contributed by atoms with van der Waals surface area (Å²) in [5.41, 5.74) is 0.668. The van der Waals surface area contributed by atoms with Crippen molar-refractivity contribution in [3.05, 3.63) is 54.9 Å². The van der Waals surface area contributed by atoms with Crippen molar-refractivity contribution in [2.75, 3.05) is 10.0 Å². The molecule has 0 fully saturated rings. The third-order valence-electron chi connectivity index (χ3n) is 2.57. The SMILES string of the molecule is O=C(Nc1ccc(SNc2ncccn2)cc1)c1ncn[nH]1. The van der Waals surface area contributed by atoms with E-state index in [0.29, 0.717) is 11.6 Å². The van der Waals surface area contributed by atoms with Crippen molar-refractivity contribution in [3.8, 4) is 0 Å². The molecule has 0 aliphatic heterocycles. The Balaban J connectivity index is 1.57. The molecule has 0 aliphatic rings. The number of hydrogen-bond acceptors (Lipinski definition) is 7. The van der Waals surface area contributed by atoms with Crippen molar-refractivity contribution < 1.29 is 4.79 Å². The van der Waals surface area contributed by atoms with Crippen LogP contribution in [0.1, 0.15) is 10.6 Å². The number of amides is 1. The van der Waals surface area contributed by atoms with Crippen LogP contribution in [0.3, 0.4) is 0 Å². The highest BCUT2D eigenvalue weighted by Gasteiger charge is 2.08. The molecule has 3 N–H and O–H groups in total. The second-order valence-corrected chi connectivity index (χ2v) is 4.97. The molecule has 0 saturated heterocycles. The molecule has 110 valence electrons. The van der Waals surface area contributed by atoms with Gasteiger partial charge in [0.05, 0.1) is 0 Å². The fourth-order valence-electron chi connectivity index (χ4n) is 1.57. The van der Waals surface area contributed by atoms with E-state index in [1.807, 2.05) is 12.1 Å². The number of carbonyl (C=O) groups excluding carboxylic acids is 1. The van der Waals surface area contributed by atoms with Crippen LogP contribution in [0.15, 0.2) is 53.9 Å². The number of anilines is 2. The van der Waals surface area contributed by atoms with Crippen molar-refractivity contribution in [3.63, 3.8) is 0 Å². The first-order valence-corrected chi connectivity index (χ1v) is 7.09. The first-order chi connectivity index (χ1) is 10.8. The van der Waals surface area contributed by atoms with Crippen molar-refractivity contribution in [2.45, 2.75) is 4.90 Å². The summed E-state index contributed by atoms with van der Waals surface area (Å²) in [5, 5.41) is 8.86. The maximum atomic E-state index is 11.8. The molecule has 0 unspecified atom stereocenters. The molecule has 22 heavy (non-hydrogen) atoms. The van der Waals surface area contributed by atoms with E-state index in [1.54, 1.807) is 30.6 Å². The number of hydrogen-bond donors (Lipinski definition) is 3. The van der Waals surface area contributed by atoms with Gasteiger partial charge in [-0.25, -0.2) is 15.0 Å². The van der Waals surface area contributed by atoms with Gasteiger partial charge in [-0.05, 0) is 42.3 Å². The van der Waals surface area contributed by atoms with Gasteiger partial charge in [-0.15, -0.1) is 0 Å². The summed E-state index contributed by atoms with van der Waals surface area (Å²) >= 11 is 1.38. The van der Waals surface area contributed by atoms with E-state index in [2.05, 4.69) is 35.2 Å². The van der Waals surface area contributed by atoms with E-state index < -0.39 is 0 Å². The topological polar surface area (TPSA) is 108 Å². The maximum Gasteiger partial charge on any atom is 0.292 e. The summed E-state index contributed by atoms with van der Waals surface area (Å²) in [7, 11) is 0. The molecule has 2 aromatic heterocycles. The van der Waals surface area contributed by atoms with E-state index >= 15 is 0 Å². The van der Waals surface area contributed by atoms with E-state index in [-0.39, 0.29) is 11.7 Å². The van der Waals surface area contributed by atoms with Gasteiger partial charge in [0.15, 0.2) is 0 Å². The van der Waals surface area contributed by atoms with Gasteiger partial charge < -0.3 is 5.32 Å². The van der Waals surface area contributed by atoms with E-state index in [1.165, 1.54) is 18.3 Å². The van der Waals surface area contributed by atoms with Gasteiger partial charge in [-0.2, -0.15) is 5.10 Å². The van der Waals surface area contributed by atoms with Crippen LogP contribution in [-0.2, 0) is 0 Å². The van der Waals surface area contributed by atoms with Crippen LogP contribution in [0.2, 0.25) is 0 Å². The lowest BCUT2D eigenvalue weighted by molar-refractivity contribution is 0.101. The van der Waals surface area contributed by atoms with Crippen LogP contribution in [0.5, 0.6) is 0 Å². The fourth-order valence-corrected chi connectivity index (χ4v) is 2.15. The minimum Gasteiger partial charge on any atom is -0.319 e. The zero-order chi connectivity index (χ0) is 15.2. The van der Waals surface area contributed by atoms with Gasteiger partial charge in [-0.3, -0.25) is 14.6 Å². The van der Waals surface area contributed by atoms with Gasteiger partial charge in [0.25, 0.3) is 5.91 Å². The smallest absolute Gasteiger partial charge is 0.292 e. The molecular formula is C13H11N7OS. The fraction of sp³-hybridized carbons (Fsp3) is 0. The number of aromatic amines is 1. The minimum absolute atomic E-state index is 0.168. The number of aromatic nitrogens is 5. The molecular weight excluding hydrogens is 302 g/mol. The third-order valence-corrected chi connectivity index (χ3v) is 3.36. The van der Waals surface area contributed by atoms with Crippen molar-refractivity contribution in [1.29, 1.82) is 0 Å². The summed E-state index contributed by atoms with van der Waals surface area (Å²) in [6, 6.07) is 9.09. The van der Waals surface area contributed by atoms with Crippen molar-refractivity contribution >= 4 is 29.5 Å². The Morgan fingerprint density at radius 2 is 1.86 bits per heavy atom. The highest BCUT2D eigenvalue weighted by Crippen LogP contribution is 2.20. The monoisotopic (exact) mass is 313 g/mol. The van der Waals surface area contributed by atoms with E-state index in [0.717, 1.165) is 4.90 Å². The molecule has 9 heteroatoms. The van der Waals surface area contributed by atoms with Crippen LogP contribution >= 0.6 is 11.9 Å². The van der Waals surface area contributed by atoms with Gasteiger partial charge in [0.1, 0.15) is 6.33 Å². The molecule has 0 spiro atoms. The van der Waals surface area contributed by atoms with Gasteiger partial charge in [0, 0.05) is 23.0 Å². The normalized spacial score (nSPS) is 10.2. The lowest BCUT2D eigenvalue weighted by atomic mass is 10.3. The first kappa shape index (κ1) is 14.0. The predicted molar refractivity (Wildman–Crippen MR) is 82.3 cm³/mol. The molecule has 8 nitrogen and oxygen atoms in total. The van der Waals surface area contributed by atoms with Crippen LogP contribution in [0.4, 0.5) is 11.6 Å². The first-order valence-electron chi connectivity index (χ1n) is 6.28. The van der Waals surface area contributed by atoms with Gasteiger partial charge in [-0.1, -0.05) is 0 Å². The summed E-state index contributed by atoms with van der Waals surface area (Å²) in [6.45, 7) is 0. The Labute approximate surface area is 129 Å². The molecule has 1 aromatic carbocycles. The zero-order valence-corrected chi connectivity index (χ0v) is 12.0. The molecule has 3 rings (SSSR count). The quantitative estimate of drug-likeness (QED) is 0.618. The third kappa shape index (κ3) is 3.58. The van der Waals surface area contributed by atoms with Crippen LogP contribution in [0.25, 0.3) is 0 Å². The summed E-state index contributed by atoms with van der Waals surface area (Å²) in [5.74, 6) is 0.366. The number of nitrogens with one attached hydrogen (secondary N) is 3. The average molecular weight is 313 g/mol. The van der Waals surface area contributed by atoms with Crippen molar-refractivity contribution in [1.82, 2.24) is 25.1 Å². The zero-order valence-electron chi connectivity index (χ0n) is 11.2. The Hall–Kier alpha value is -2.94. The van der Waals surface area contributed by atoms with Crippen LogP contribution in [0, 0.1) is 0 Å². The largest absolute Gasteiger partial charge is 0.319 e. The molecule has 0 atom stereocenters. The second kappa shape index (κ2) is 6.68. The predicted octanol–water partition coefficient (Wildman–Crippen LogP) is 1.97. The summed E-state index contributed by atoms with van der Waals surface area (Å²) < 4.78 is 3.03. The molecule has 1 amide bonds. The lowest BCUT2D eigenvalue weighted by Crippen LogP contribution is -2.13. The van der Waals surface area contributed by atoms with Crippen LogP contribution < -0.4 is 10.0 Å². The summed E-state index contributed by atoms with van der Waals surface area (Å²) in [6.07, 6.45) is 4.61. The number of rotatable bonds is 5. The molecule has 3 aromatic rings. The Morgan fingerprint density at radius 1 is 1.09 bits per heavy atom. The van der Waals surface area contributed by atoms with Gasteiger partial charge >= 0.3 is 0 Å². The Bertz CT molecular complexity index is 731. The second-order valence-electron chi connectivity index (χ2n) is 4.09. The molecule has 0 saturated carbocycles. The van der Waals surface area contributed by atoms with Crippen LogP contribution in [-0.4, -0.2) is 31.1 Å². The minimum atomic E-state index is -0.339. The maximum absolute atomic E-state index is 11.8. The van der Waals surface area contributed by atoms with Gasteiger partial charge in [0.2, 0.25) is 11.8 Å². The Morgan fingerprint density at radius 3 is 2.55 bits per heavy atom. The molecule has 2 heterocycles. The van der Waals surface area contributed by atoms with E-state index in [9.17, 15) is 4.79 Å². The number of H-pyrrole nitrogens is 1. The highest BCUT2D eigenvalue weighted by molar-refractivity contribution is 8.00. The average Bonchev–Trinajstić information content (AvgIpc) is 3.10. The lowest BCUT2D eigenvalue weighted by Gasteiger charge is -2.05. The molecule has 0 aliphatic carbocycles. The summed E-state index contributed by atoms with van der Waals surface area (Å²) in [4.78, 5) is 24.7. The Kier molecular flexibility index (Phi) is 4.25. The molecule has 0 bridgehead atoms. The number of benzene rings is 1. The number of nitrogens with zero attached hydrogens (tertiary/aromatic N) is 4. The standard InChI is InChI=1S/C13H11N7OS/c21-12(11-16-8-17-19-11)18-9-2-4-10(5-3-9)22-20-13-14-6-1-7-15-13/h1-8H,(H,18,21)(H,14,15,20)(H,16,17,19). The number of carbonyl (C=O) groups is 1.